The Hall–Kier alpha value is -1.02. The van der Waals surface area contributed by atoms with Gasteiger partial charge in [-0.2, -0.15) is 0 Å². The number of aryl methyl sites for hydroxylation is 1. The van der Waals surface area contributed by atoms with E-state index < -0.39 is 0 Å². The number of nitrogen functional groups attached to an aromatic ring is 1. The molecule has 2 nitrogen and oxygen atoms in total. The molecule has 0 amide bonds. The summed E-state index contributed by atoms with van der Waals surface area (Å²) in [6, 6.07) is 6.46. The lowest BCUT2D eigenvalue weighted by atomic mass is 10.0. The maximum Gasteiger partial charge on any atom is 0.0343 e. The molecular formula is C15H22N2. The standard InChI is InChI=1S/C15H22N2/c1-11-7-12(5-6-15(11)16)8-17-9-13-3-2-4-14(13)10-17/h5-7,13-14H,2-4,8-10,16H2,1H3. The van der Waals surface area contributed by atoms with E-state index in [1.807, 2.05) is 6.07 Å². The average molecular weight is 230 g/mol. The third-order valence-corrected chi connectivity index (χ3v) is 4.54. The lowest BCUT2D eigenvalue weighted by Gasteiger charge is -2.17. The van der Waals surface area contributed by atoms with Gasteiger partial charge in [-0.05, 0) is 48.8 Å². The third-order valence-electron chi connectivity index (χ3n) is 4.54. The Morgan fingerprint density at radius 3 is 2.59 bits per heavy atom. The van der Waals surface area contributed by atoms with E-state index in [0.717, 1.165) is 24.1 Å². The van der Waals surface area contributed by atoms with E-state index in [2.05, 4.69) is 24.0 Å². The molecule has 2 fully saturated rings. The quantitative estimate of drug-likeness (QED) is 0.792. The largest absolute Gasteiger partial charge is 0.399 e. The molecule has 2 N–H and O–H groups in total. The first-order chi connectivity index (χ1) is 8.22. The van der Waals surface area contributed by atoms with Crippen LogP contribution in [0.2, 0.25) is 0 Å². The van der Waals surface area contributed by atoms with Crippen LogP contribution in [-0.2, 0) is 6.54 Å². The predicted molar refractivity (Wildman–Crippen MR) is 71.7 cm³/mol. The number of benzene rings is 1. The van der Waals surface area contributed by atoms with E-state index in [-0.39, 0.29) is 0 Å². The van der Waals surface area contributed by atoms with Crippen molar-refractivity contribution in [1.82, 2.24) is 4.90 Å². The van der Waals surface area contributed by atoms with E-state index in [1.54, 1.807) is 0 Å². The van der Waals surface area contributed by atoms with Crippen molar-refractivity contribution in [2.45, 2.75) is 32.7 Å². The van der Waals surface area contributed by atoms with Crippen LogP contribution in [0.1, 0.15) is 30.4 Å². The first-order valence-electron chi connectivity index (χ1n) is 6.80. The highest BCUT2D eigenvalue weighted by Gasteiger charge is 2.35. The molecule has 2 aliphatic rings. The van der Waals surface area contributed by atoms with E-state index in [4.69, 9.17) is 5.73 Å². The van der Waals surface area contributed by atoms with Crippen molar-refractivity contribution in [1.29, 1.82) is 0 Å². The van der Waals surface area contributed by atoms with Crippen molar-refractivity contribution in [3.05, 3.63) is 29.3 Å². The first kappa shape index (κ1) is 11.1. The molecule has 1 aromatic carbocycles. The smallest absolute Gasteiger partial charge is 0.0343 e. The van der Waals surface area contributed by atoms with Crippen LogP contribution in [0.4, 0.5) is 5.69 Å². The van der Waals surface area contributed by atoms with Crippen LogP contribution >= 0.6 is 0 Å². The summed E-state index contributed by atoms with van der Waals surface area (Å²) in [6.07, 6.45) is 4.38. The van der Waals surface area contributed by atoms with Gasteiger partial charge in [0.15, 0.2) is 0 Å². The van der Waals surface area contributed by atoms with Crippen LogP contribution in [0.5, 0.6) is 0 Å². The summed E-state index contributed by atoms with van der Waals surface area (Å²) < 4.78 is 0. The second-order valence-electron chi connectivity index (χ2n) is 5.84. The molecule has 92 valence electrons. The number of hydrogen-bond acceptors (Lipinski definition) is 2. The van der Waals surface area contributed by atoms with Crippen LogP contribution < -0.4 is 5.73 Å². The van der Waals surface area contributed by atoms with Crippen molar-refractivity contribution in [2.75, 3.05) is 18.8 Å². The number of nitrogens with two attached hydrogens (primary N) is 1. The number of fused-ring (bicyclic) bond motifs is 1. The Kier molecular flexibility index (Phi) is 2.83. The van der Waals surface area contributed by atoms with Crippen molar-refractivity contribution < 1.29 is 0 Å². The lowest BCUT2D eigenvalue weighted by molar-refractivity contribution is 0.303. The summed E-state index contributed by atoms with van der Waals surface area (Å²) in [6.45, 7) is 5.83. The fourth-order valence-corrected chi connectivity index (χ4v) is 3.56. The molecule has 2 atom stereocenters. The highest BCUT2D eigenvalue weighted by Crippen LogP contribution is 2.38. The first-order valence-corrected chi connectivity index (χ1v) is 6.80. The Balaban J connectivity index is 1.65. The van der Waals surface area contributed by atoms with Crippen LogP contribution in [0.25, 0.3) is 0 Å². The van der Waals surface area contributed by atoms with Crippen LogP contribution in [0.3, 0.4) is 0 Å². The highest BCUT2D eigenvalue weighted by atomic mass is 15.2. The van der Waals surface area contributed by atoms with Crippen molar-refractivity contribution in [3.63, 3.8) is 0 Å². The number of likely N-dealkylation sites (tertiary alicyclic amines) is 1. The van der Waals surface area contributed by atoms with Gasteiger partial charge < -0.3 is 5.73 Å². The van der Waals surface area contributed by atoms with Gasteiger partial charge in [0.2, 0.25) is 0 Å². The van der Waals surface area contributed by atoms with E-state index in [9.17, 15) is 0 Å². The Morgan fingerprint density at radius 1 is 1.24 bits per heavy atom. The summed E-state index contributed by atoms with van der Waals surface area (Å²) in [5, 5.41) is 0. The highest BCUT2D eigenvalue weighted by molar-refractivity contribution is 5.47. The Bertz CT molecular complexity index is 401. The minimum atomic E-state index is 0.909. The molecule has 1 saturated heterocycles. The monoisotopic (exact) mass is 230 g/mol. The van der Waals surface area contributed by atoms with Gasteiger partial charge in [-0.15, -0.1) is 0 Å². The van der Waals surface area contributed by atoms with Crippen molar-refractivity contribution in [2.24, 2.45) is 11.8 Å². The Labute approximate surface area is 104 Å². The SMILES string of the molecule is Cc1cc(CN2CC3CCCC3C2)ccc1N. The molecule has 2 unspecified atom stereocenters. The van der Waals surface area contributed by atoms with Gasteiger partial charge in [0.1, 0.15) is 0 Å². The molecular weight excluding hydrogens is 208 g/mol. The predicted octanol–water partition coefficient (Wildman–Crippen LogP) is 2.81. The van der Waals surface area contributed by atoms with Gasteiger partial charge in [-0.25, -0.2) is 0 Å². The molecule has 3 rings (SSSR count). The summed E-state index contributed by atoms with van der Waals surface area (Å²) in [4.78, 5) is 2.62. The van der Waals surface area contributed by atoms with Crippen molar-refractivity contribution in [3.8, 4) is 0 Å². The van der Waals surface area contributed by atoms with Gasteiger partial charge >= 0.3 is 0 Å². The second kappa shape index (κ2) is 4.34. The van der Waals surface area contributed by atoms with Crippen LogP contribution in [-0.4, -0.2) is 18.0 Å². The molecule has 0 spiro atoms. The summed E-state index contributed by atoms with van der Waals surface area (Å²) in [7, 11) is 0. The van der Waals surface area contributed by atoms with Gasteiger partial charge in [-0.3, -0.25) is 4.90 Å². The van der Waals surface area contributed by atoms with Gasteiger partial charge in [-0.1, -0.05) is 18.6 Å². The number of hydrogen-bond donors (Lipinski definition) is 1. The van der Waals surface area contributed by atoms with Crippen LogP contribution in [0.15, 0.2) is 18.2 Å². The second-order valence-corrected chi connectivity index (χ2v) is 5.84. The molecule has 0 bridgehead atoms. The Morgan fingerprint density at radius 2 is 1.94 bits per heavy atom. The fourth-order valence-electron chi connectivity index (χ4n) is 3.56. The zero-order valence-corrected chi connectivity index (χ0v) is 10.7. The number of rotatable bonds is 2. The third kappa shape index (κ3) is 2.19. The topological polar surface area (TPSA) is 29.3 Å². The van der Waals surface area contributed by atoms with Crippen molar-refractivity contribution >= 4 is 5.69 Å². The maximum atomic E-state index is 5.86. The fraction of sp³-hybridized carbons (Fsp3) is 0.600. The molecule has 1 aliphatic heterocycles. The van der Waals surface area contributed by atoms with Crippen LogP contribution in [0, 0.1) is 18.8 Å². The van der Waals surface area contributed by atoms with Gasteiger partial charge in [0.05, 0.1) is 0 Å². The van der Waals surface area contributed by atoms with E-state index in [0.29, 0.717) is 0 Å². The molecule has 1 aromatic rings. The summed E-state index contributed by atoms with van der Waals surface area (Å²) >= 11 is 0. The summed E-state index contributed by atoms with van der Waals surface area (Å²) in [5.41, 5.74) is 9.39. The zero-order chi connectivity index (χ0) is 11.8. The minimum Gasteiger partial charge on any atom is -0.399 e. The molecule has 2 heteroatoms. The van der Waals surface area contributed by atoms with E-state index >= 15 is 0 Å². The van der Waals surface area contributed by atoms with Gasteiger partial charge in [0, 0.05) is 25.3 Å². The minimum absolute atomic E-state index is 0.909. The van der Waals surface area contributed by atoms with E-state index in [1.165, 1.54) is 43.5 Å². The molecule has 17 heavy (non-hydrogen) atoms. The molecule has 1 saturated carbocycles. The molecule has 0 aromatic heterocycles. The normalized spacial score (nSPS) is 28.5. The number of anilines is 1. The average Bonchev–Trinajstić information content (AvgIpc) is 2.84. The summed E-state index contributed by atoms with van der Waals surface area (Å²) in [5.74, 6) is 1.98. The lowest BCUT2D eigenvalue weighted by Crippen LogP contribution is -2.21. The molecule has 1 heterocycles. The zero-order valence-electron chi connectivity index (χ0n) is 10.7. The maximum absolute atomic E-state index is 5.86. The van der Waals surface area contributed by atoms with Gasteiger partial charge in [0.25, 0.3) is 0 Å². The molecule has 1 aliphatic carbocycles. The number of nitrogens with zero attached hydrogens (tertiary/aromatic N) is 1. The molecule has 0 radical (unpaired) electrons.